The normalized spacial score (nSPS) is 14.7. The molecule has 0 fully saturated rings. The van der Waals surface area contributed by atoms with E-state index in [0.29, 0.717) is 6.07 Å². The molecule has 1 aromatic carbocycles. The monoisotopic (exact) mass is 218 g/mol. The molecule has 15 heavy (non-hydrogen) atoms. The molecule has 0 saturated carbocycles. The van der Waals surface area contributed by atoms with Crippen LogP contribution in [0.25, 0.3) is 0 Å². The van der Waals surface area contributed by atoms with Gasteiger partial charge in [0.2, 0.25) is 6.17 Å². The maximum atomic E-state index is 13.1. The Morgan fingerprint density at radius 1 is 1.40 bits per heavy atom. The summed E-state index contributed by atoms with van der Waals surface area (Å²) in [5.41, 5.74) is -0.147. The highest BCUT2D eigenvalue weighted by Gasteiger charge is 2.27. The second kappa shape index (κ2) is 4.33. The zero-order chi connectivity index (χ0) is 11.6. The van der Waals surface area contributed by atoms with E-state index in [0.717, 1.165) is 12.1 Å². The predicted octanol–water partition coefficient (Wildman–Crippen LogP) is 2.49. The first kappa shape index (κ1) is 11.6. The molecule has 1 rings (SSSR count). The molecule has 0 radical (unpaired) electrons. The number of carboxylic acids is 1. The smallest absolute Gasteiger partial charge is 0.338 e. The van der Waals surface area contributed by atoms with Gasteiger partial charge in [-0.1, -0.05) is 13.0 Å². The van der Waals surface area contributed by atoms with Crippen LogP contribution in [0.3, 0.4) is 0 Å². The van der Waals surface area contributed by atoms with E-state index in [2.05, 4.69) is 0 Å². The largest absolute Gasteiger partial charge is 0.479 e. The van der Waals surface area contributed by atoms with E-state index in [1.807, 2.05) is 0 Å². The van der Waals surface area contributed by atoms with Crippen molar-refractivity contribution >= 4 is 5.97 Å². The summed E-state index contributed by atoms with van der Waals surface area (Å²) < 4.78 is 38.7. The highest BCUT2D eigenvalue weighted by Crippen LogP contribution is 2.24. The zero-order valence-electron chi connectivity index (χ0n) is 7.88. The van der Waals surface area contributed by atoms with Crippen molar-refractivity contribution in [2.75, 3.05) is 0 Å². The summed E-state index contributed by atoms with van der Waals surface area (Å²) in [6, 6.07) is 2.61. The van der Waals surface area contributed by atoms with E-state index in [9.17, 15) is 18.0 Å². The van der Waals surface area contributed by atoms with Crippen molar-refractivity contribution in [1.29, 1.82) is 0 Å². The molecule has 0 spiro atoms. The Morgan fingerprint density at radius 2 is 2.00 bits per heavy atom. The highest BCUT2D eigenvalue weighted by atomic mass is 19.1. The van der Waals surface area contributed by atoms with Gasteiger partial charge in [-0.25, -0.2) is 18.0 Å². The van der Waals surface area contributed by atoms with Crippen LogP contribution >= 0.6 is 0 Å². The van der Waals surface area contributed by atoms with Gasteiger partial charge in [-0.2, -0.15) is 0 Å². The number of hydrogen-bond acceptors (Lipinski definition) is 1. The molecule has 0 saturated heterocycles. The van der Waals surface area contributed by atoms with Crippen LogP contribution in [0.2, 0.25) is 0 Å². The first-order valence-electron chi connectivity index (χ1n) is 4.25. The summed E-state index contributed by atoms with van der Waals surface area (Å²) in [7, 11) is 0. The van der Waals surface area contributed by atoms with Gasteiger partial charge in [0, 0.05) is 12.0 Å². The molecule has 2 atom stereocenters. The van der Waals surface area contributed by atoms with Gasteiger partial charge >= 0.3 is 5.97 Å². The van der Waals surface area contributed by atoms with E-state index in [1.165, 1.54) is 6.92 Å². The van der Waals surface area contributed by atoms with Gasteiger partial charge in [0.25, 0.3) is 0 Å². The fourth-order valence-electron chi connectivity index (χ4n) is 1.24. The maximum Gasteiger partial charge on any atom is 0.338 e. The maximum absolute atomic E-state index is 13.1. The van der Waals surface area contributed by atoms with Gasteiger partial charge in [-0.3, -0.25) is 0 Å². The van der Waals surface area contributed by atoms with Gasteiger partial charge in [-0.05, 0) is 11.6 Å². The molecular weight excluding hydrogens is 209 g/mol. The molecule has 2 nitrogen and oxygen atoms in total. The molecule has 0 aliphatic heterocycles. The minimum Gasteiger partial charge on any atom is -0.479 e. The topological polar surface area (TPSA) is 37.3 Å². The van der Waals surface area contributed by atoms with Crippen molar-refractivity contribution in [3.63, 3.8) is 0 Å². The quantitative estimate of drug-likeness (QED) is 0.846. The minimum atomic E-state index is -2.20. The summed E-state index contributed by atoms with van der Waals surface area (Å²) in [4.78, 5) is 10.3. The van der Waals surface area contributed by atoms with Crippen molar-refractivity contribution in [3.05, 3.63) is 35.4 Å². The lowest BCUT2D eigenvalue weighted by atomic mass is 9.96. The van der Waals surface area contributed by atoms with Gasteiger partial charge in [0.1, 0.15) is 11.6 Å². The Hall–Kier alpha value is -1.52. The molecule has 82 valence electrons. The standard InChI is InChI=1S/C10H9F3O2/c1-5(9(13)10(14)15)7-3-2-6(11)4-8(7)12/h2-5,9H,1H3,(H,14,15). The summed E-state index contributed by atoms with van der Waals surface area (Å²) in [5.74, 6) is -4.53. The van der Waals surface area contributed by atoms with Crippen molar-refractivity contribution in [1.82, 2.24) is 0 Å². The summed E-state index contributed by atoms with van der Waals surface area (Å²) in [5, 5.41) is 8.39. The number of halogens is 3. The molecule has 0 aliphatic rings. The van der Waals surface area contributed by atoms with Gasteiger partial charge in [0.05, 0.1) is 0 Å². The van der Waals surface area contributed by atoms with Crippen molar-refractivity contribution < 1.29 is 23.1 Å². The molecular formula is C10H9F3O2. The summed E-state index contributed by atoms with van der Waals surface area (Å²) in [6.07, 6.45) is -2.20. The Balaban J connectivity index is 3.01. The molecule has 0 aromatic heterocycles. The highest BCUT2D eigenvalue weighted by molar-refractivity contribution is 5.73. The molecule has 1 aromatic rings. The Bertz CT molecular complexity index is 379. The molecule has 0 aliphatic carbocycles. The van der Waals surface area contributed by atoms with Crippen LogP contribution in [0, 0.1) is 11.6 Å². The van der Waals surface area contributed by atoms with Crippen molar-refractivity contribution in [3.8, 4) is 0 Å². The van der Waals surface area contributed by atoms with Crippen LogP contribution in [0.1, 0.15) is 18.4 Å². The minimum absolute atomic E-state index is 0.147. The summed E-state index contributed by atoms with van der Waals surface area (Å²) in [6.45, 7) is 1.23. The molecule has 0 bridgehead atoms. The number of alkyl halides is 1. The van der Waals surface area contributed by atoms with E-state index >= 15 is 0 Å². The Morgan fingerprint density at radius 3 is 2.47 bits per heavy atom. The Labute approximate surface area is 84.3 Å². The predicted molar refractivity (Wildman–Crippen MR) is 47.3 cm³/mol. The van der Waals surface area contributed by atoms with E-state index in [-0.39, 0.29) is 5.56 Å². The van der Waals surface area contributed by atoms with Gasteiger partial charge in [0.15, 0.2) is 0 Å². The SMILES string of the molecule is CC(c1ccc(F)cc1F)C(F)C(=O)O. The third-order valence-electron chi connectivity index (χ3n) is 2.13. The molecule has 0 amide bonds. The van der Waals surface area contributed by atoms with Crippen LogP contribution in [0.5, 0.6) is 0 Å². The number of carboxylic acid groups (broad SMARTS) is 1. The third kappa shape index (κ3) is 2.49. The number of hydrogen-bond donors (Lipinski definition) is 1. The number of benzene rings is 1. The molecule has 2 unspecified atom stereocenters. The molecule has 5 heteroatoms. The van der Waals surface area contributed by atoms with E-state index in [4.69, 9.17) is 5.11 Å². The summed E-state index contributed by atoms with van der Waals surface area (Å²) >= 11 is 0. The number of aliphatic carboxylic acids is 1. The van der Waals surface area contributed by atoms with Crippen LogP contribution < -0.4 is 0 Å². The fraction of sp³-hybridized carbons (Fsp3) is 0.300. The first-order chi connectivity index (χ1) is 6.93. The van der Waals surface area contributed by atoms with Crippen LogP contribution in [-0.4, -0.2) is 17.2 Å². The van der Waals surface area contributed by atoms with Crippen LogP contribution in [0.4, 0.5) is 13.2 Å². The lowest BCUT2D eigenvalue weighted by molar-refractivity contribution is -0.143. The van der Waals surface area contributed by atoms with Gasteiger partial charge in [-0.15, -0.1) is 0 Å². The fourth-order valence-corrected chi connectivity index (χ4v) is 1.24. The van der Waals surface area contributed by atoms with Gasteiger partial charge < -0.3 is 5.11 Å². The van der Waals surface area contributed by atoms with E-state index < -0.39 is 29.7 Å². The van der Waals surface area contributed by atoms with Crippen molar-refractivity contribution in [2.45, 2.75) is 19.0 Å². The zero-order valence-corrected chi connectivity index (χ0v) is 7.88. The average molecular weight is 218 g/mol. The second-order valence-electron chi connectivity index (χ2n) is 3.19. The number of carbonyl (C=O) groups is 1. The van der Waals surface area contributed by atoms with Crippen LogP contribution in [-0.2, 0) is 4.79 Å². The van der Waals surface area contributed by atoms with Crippen molar-refractivity contribution in [2.24, 2.45) is 0 Å². The Kier molecular flexibility index (Phi) is 3.34. The lowest BCUT2D eigenvalue weighted by Crippen LogP contribution is -2.22. The molecule has 1 N–H and O–H groups in total. The molecule has 0 heterocycles. The first-order valence-corrected chi connectivity index (χ1v) is 4.25. The number of rotatable bonds is 3. The third-order valence-corrected chi connectivity index (χ3v) is 2.13. The average Bonchev–Trinajstić information content (AvgIpc) is 2.15. The second-order valence-corrected chi connectivity index (χ2v) is 3.19. The van der Waals surface area contributed by atoms with E-state index in [1.54, 1.807) is 0 Å². The van der Waals surface area contributed by atoms with Crippen LogP contribution in [0.15, 0.2) is 18.2 Å². The lowest BCUT2D eigenvalue weighted by Gasteiger charge is -2.14.